The molecule has 0 aliphatic heterocycles. The van der Waals surface area contributed by atoms with Crippen molar-refractivity contribution in [3.63, 3.8) is 0 Å². The lowest BCUT2D eigenvalue weighted by Gasteiger charge is -2.20. The van der Waals surface area contributed by atoms with E-state index in [2.05, 4.69) is 38.5 Å². The molecule has 1 aromatic rings. The van der Waals surface area contributed by atoms with Crippen LogP contribution in [0.4, 0.5) is 0 Å². The average molecular weight is 349 g/mol. The third-order valence-electron chi connectivity index (χ3n) is 5.58. The first kappa shape index (κ1) is 22.3. The highest BCUT2D eigenvalue weighted by molar-refractivity contribution is 5.00. The molecule has 146 valence electrons. The molecular formula is C23H44N2. The summed E-state index contributed by atoms with van der Waals surface area (Å²) in [6.45, 7) is 9.30. The van der Waals surface area contributed by atoms with Crippen LogP contribution < -0.4 is 0 Å². The second-order valence-electron chi connectivity index (χ2n) is 8.06. The van der Waals surface area contributed by atoms with Gasteiger partial charge in [-0.1, -0.05) is 97.8 Å². The van der Waals surface area contributed by atoms with Crippen LogP contribution in [0, 0.1) is 0 Å². The van der Waals surface area contributed by atoms with E-state index in [4.69, 9.17) is 4.98 Å². The third kappa shape index (κ3) is 9.47. The minimum atomic E-state index is 0.591. The molecule has 0 spiro atoms. The molecule has 0 fully saturated rings. The predicted molar refractivity (Wildman–Crippen MR) is 111 cm³/mol. The Hall–Kier alpha value is -0.790. The average Bonchev–Trinajstić information content (AvgIpc) is 3.10. The van der Waals surface area contributed by atoms with Crippen LogP contribution in [0.25, 0.3) is 0 Å². The minimum Gasteiger partial charge on any atom is -0.332 e. The van der Waals surface area contributed by atoms with E-state index in [0.29, 0.717) is 12.0 Å². The maximum atomic E-state index is 4.70. The predicted octanol–water partition coefficient (Wildman–Crippen LogP) is 8.05. The molecule has 0 amide bonds. The molecule has 2 nitrogen and oxygen atoms in total. The van der Waals surface area contributed by atoms with Crippen LogP contribution in [0.2, 0.25) is 0 Å². The van der Waals surface area contributed by atoms with Crippen LogP contribution in [-0.2, 0) is 0 Å². The van der Waals surface area contributed by atoms with Gasteiger partial charge < -0.3 is 4.57 Å². The van der Waals surface area contributed by atoms with E-state index in [0.717, 1.165) is 0 Å². The van der Waals surface area contributed by atoms with E-state index < -0.39 is 0 Å². The van der Waals surface area contributed by atoms with Crippen molar-refractivity contribution in [1.82, 2.24) is 9.55 Å². The molecule has 2 atom stereocenters. The van der Waals surface area contributed by atoms with Crippen molar-refractivity contribution in [2.24, 2.45) is 0 Å². The van der Waals surface area contributed by atoms with Gasteiger partial charge in [0.1, 0.15) is 5.82 Å². The molecule has 2 unspecified atom stereocenters. The van der Waals surface area contributed by atoms with Crippen molar-refractivity contribution in [2.45, 2.75) is 130 Å². The molecule has 0 N–H and O–H groups in total. The Labute approximate surface area is 157 Å². The summed E-state index contributed by atoms with van der Waals surface area (Å²) in [5, 5.41) is 0. The Morgan fingerprint density at radius 2 is 1.28 bits per heavy atom. The number of rotatable bonds is 16. The number of hydrogen-bond acceptors (Lipinski definition) is 1. The Kier molecular flexibility index (Phi) is 12.8. The van der Waals surface area contributed by atoms with Crippen LogP contribution in [0.15, 0.2) is 12.4 Å². The maximum absolute atomic E-state index is 4.70. The summed E-state index contributed by atoms with van der Waals surface area (Å²) in [5.74, 6) is 1.90. The zero-order chi connectivity index (χ0) is 18.3. The zero-order valence-electron chi connectivity index (χ0n) is 17.6. The smallest absolute Gasteiger partial charge is 0.111 e. The number of imidazole rings is 1. The van der Waals surface area contributed by atoms with Crippen molar-refractivity contribution in [3.05, 3.63) is 18.2 Å². The fourth-order valence-corrected chi connectivity index (χ4v) is 3.80. The molecule has 0 aliphatic rings. The first-order valence-electron chi connectivity index (χ1n) is 11.2. The van der Waals surface area contributed by atoms with E-state index in [1.54, 1.807) is 0 Å². The van der Waals surface area contributed by atoms with Crippen molar-refractivity contribution in [3.8, 4) is 0 Å². The molecule has 1 rings (SSSR count). The lowest BCUT2D eigenvalue weighted by molar-refractivity contribution is 0.437. The molecule has 0 saturated carbocycles. The largest absolute Gasteiger partial charge is 0.332 e. The molecule has 25 heavy (non-hydrogen) atoms. The normalized spacial score (nSPS) is 13.9. The zero-order valence-corrected chi connectivity index (χ0v) is 17.6. The van der Waals surface area contributed by atoms with Gasteiger partial charge in [-0.3, -0.25) is 0 Å². The highest BCUT2D eigenvalue weighted by Crippen LogP contribution is 2.25. The summed E-state index contributed by atoms with van der Waals surface area (Å²) < 4.78 is 2.45. The monoisotopic (exact) mass is 348 g/mol. The third-order valence-corrected chi connectivity index (χ3v) is 5.58. The molecule has 0 aliphatic carbocycles. The van der Waals surface area contributed by atoms with Gasteiger partial charge in [-0.2, -0.15) is 0 Å². The first-order chi connectivity index (χ1) is 12.2. The fraction of sp³-hybridized carbons (Fsp3) is 0.870. The van der Waals surface area contributed by atoms with Crippen molar-refractivity contribution in [1.29, 1.82) is 0 Å². The van der Waals surface area contributed by atoms with Gasteiger partial charge in [0.25, 0.3) is 0 Å². The van der Waals surface area contributed by atoms with Gasteiger partial charge in [0.2, 0.25) is 0 Å². The summed E-state index contributed by atoms with van der Waals surface area (Å²) in [7, 11) is 0. The highest BCUT2D eigenvalue weighted by atomic mass is 15.1. The quantitative estimate of drug-likeness (QED) is 0.276. The number of unbranched alkanes of at least 4 members (excludes halogenated alkanes) is 10. The second kappa shape index (κ2) is 14.4. The maximum Gasteiger partial charge on any atom is 0.111 e. The lowest BCUT2D eigenvalue weighted by atomic mass is 10.00. The van der Waals surface area contributed by atoms with E-state index in [-0.39, 0.29) is 0 Å². The summed E-state index contributed by atoms with van der Waals surface area (Å²) in [4.78, 5) is 4.70. The number of hydrogen-bond donors (Lipinski definition) is 0. The van der Waals surface area contributed by atoms with E-state index in [1.807, 2.05) is 6.20 Å². The van der Waals surface area contributed by atoms with Gasteiger partial charge in [-0.05, 0) is 19.8 Å². The fourth-order valence-electron chi connectivity index (χ4n) is 3.80. The van der Waals surface area contributed by atoms with Crippen LogP contribution >= 0.6 is 0 Å². The first-order valence-corrected chi connectivity index (χ1v) is 11.2. The van der Waals surface area contributed by atoms with Crippen molar-refractivity contribution in [2.75, 3.05) is 0 Å². The van der Waals surface area contributed by atoms with E-state index in [9.17, 15) is 0 Å². The Morgan fingerprint density at radius 3 is 1.88 bits per heavy atom. The molecule has 1 aromatic heterocycles. The highest BCUT2D eigenvalue weighted by Gasteiger charge is 2.15. The minimum absolute atomic E-state index is 0.591. The molecule has 0 radical (unpaired) electrons. The van der Waals surface area contributed by atoms with Crippen LogP contribution in [0.5, 0.6) is 0 Å². The molecule has 1 heterocycles. The van der Waals surface area contributed by atoms with Crippen LogP contribution in [0.1, 0.15) is 135 Å². The summed E-state index contributed by atoms with van der Waals surface area (Å²) in [6.07, 6.45) is 23.4. The molecule has 0 aromatic carbocycles. The van der Waals surface area contributed by atoms with Crippen molar-refractivity contribution < 1.29 is 0 Å². The standard InChI is InChI=1S/C23H44N2/c1-5-7-9-11-12-14-15-17-21(3)23-24-19-20-25(23)22(4)18-16-13-10-8-6-2/h19-22H,5-18H2,1-4H3. The van der Waals surface area contributed by atoms with Gasteiger partial charge in [0.15, 0.2) is 0 Å². The van der Waals surface area contributed by atoms with Crippen molar-refractivity contribution >= 4 is 0 Å². The summed E-state index contributed by atoms with van der Waals surface area (Å²) >= 11 is 0. The molecule has 0 bridgehead atoms. The summed E-state index contributed by atoms with van der Waals surface area (Å²) in [6, 6.07) is 0.593. The Balaban J connectivity index is 2.27. The summed E-state index contributed by atoms with van der Waals surface area (Å²) in [5.41, 5.74) is 0. The Bertz CT molecular complexity index is 410. The van der Waals surface area contributed by atoms with Crippen LogP contribution in [0.3, 0.4) is 0 Å². The van der Waals surface area contributed by atoms with E-state index in [1.165, 1.54) is 95.7 Å². The Morgan fingerprint density at radius 1 is 0.760 bits per heavy atom. The number of aromatic nitrogens is 2. The molecule has 0 saturated heterocycles. The lowest BCUT2D eigenvalue weighted by Crippen LogP contribution is -2.11. The van der Waals surface area contributed by atoms with Gasteiger partial charge >= 0.3 is 0 Å². The van der Waals surface area contributed by atoms with E-state index >= 15 is 0 Å². The van der Waals surface area contributed by atoms with Crippen LogP contribution in [-0.4, -0.2) is 9.55 Å². The SMILES string of the molecule is CCCCCCCCCC(C)c1nccn1C(C)CCCCCCC. The molecule has 2 heteroatoms. The number of nitrogens with zero attached hydrogens (tertiary/aromatic N) is 2. The van der Waals surface area contributed by atoms with Gasteiger partial charge in [-0.15, -0.1) is 0 Å². The second-order valence-corrected chi connectivity index (χ2v) is 8.06. The molecular weight excluding hydrogens is 304 g/mol. The van der Waals surface area contributed by atoms with Gasteiger partial charge in [0, 0.05) is 24.4 Å². The van der Waals surface area contributed by atoms with Gasteiger partial charge in [-0.25, -0.2) is 4.98 Å². The van der Waals surface area contributed by atoms with Gasteiger partial charge in [0.05, 0.1) is 0 Å². The topological polar surface area (TPSA) is 17.8 Å².